The van der Waals surface area contributed by atoms with Crippen LogP contribution in [0.5, 0.6) is 0 Å². The number of aromatic nitrogens is 1. The van der Waals surface area contributed by atoms with Gasteiger partial charge in [-0.1, -0.05) is 0 Å². The highest BCUT2D eigenvalue weighted by molar-refractivity contribution is 7.07. The first-order valence-electron chi connectivity index (χ1n) is 6.65. The van der Waals surface area contributed by atoms with Crippen LogP contribution in [-0.2, 0) is 13.0 Å². The molecule has 3 nitrogen and oxygen atoms in total. The minimum absolute atomic E-state index is 0.216. The quantitative estimate of drug-likeness (QED) is 0.929. The van der Waals surface area contributed by atoms with E-state index in [2.05, 4.69) is 26.7 Å². The van der Waals surface area contributed by atoms with Crippen molar-refractivity contribution in [3.63, 3.8) is 0 Å². The van der Waals surface area contributed by atoms with Gasteiger partial charge in [-0.25, -0.2) is 0 Å². The van der Waals surface area contributed by atoms with E-state index in [0.29, 0.717) is 0 Å². The van der Waals surface area contributed by atoms with Gasteiger partial charge in [0.05, 0.1) is 6.10 Å². The average molecular weight is 274 g/mol. The van der Waals surface area contributed by atoms with Crippen molar-refractivity contribution in [3.8, 4) is 0 Å². The van der Waals surface area contributed by atoms with Crippen LogP contribution >= 0.6 is 11.3 Å². The van der Waals surface area contributed by atoms with Crippen molar-refractivity contribution in [3.05, 3.63) is 52.5 Å². The maximum atomic E-state index is 10.2. The molecule has 0 aliphatic carbocycles. The predicted molar refractivity (Wildman–Crippen MR) is 77.1 cm³/mol. The van der Waals surface area contributed by atoms with Crippen LogP contribution in [0.25, 0.3) is 0 Å². The molecule has 2 aromatic rings. The third-order valence-corrected chi connectivity index (χ3v) is 4.52. The Morgan fingerprint density at radius 3 is 2.84 bits per heavy atom. The van der Waals surface area contributed by atoms with Gasteiger partial charge in [-0.05, 0) is 52.9 Å². The zero-order valence-corrected chi connectivity index (χ0v) is 11.6. The lowest BCUT2D eigenvalue weighted by atomic mass is 10.0. The number of aliphatic hydroxyl groups excluding tert-OH is 1. The molecule has 4 heteroatoms. The van der Waals surface area contributed by atoms with Gasteiger partial charge in [0.2, 0.25) is 0 Å². The fourth-order valence-corrected chi connectivity index (χ4v) is 3.40. The molecule has 19 heavy (non-hydrogen) atoms. The summed E-state index contributed by atoms with van der Waals surface area (Å²) in [6.45, 7) is 1.92. The number of hydrogen-bond acceptors (Lipinski definition) is 4. The van der Waals surface area contributed by atoms with Crippen LogP contribution in [0.3, 0.4) is 0 Å². The van der Waals surface area contributed by atoms with Crippen LogP contribution in [-0.4, -0.2) is 33.7 Å². The maximum absolute atomic E-state index is 10.2. The molecule has 1 fully saturated rings. The van der Waals surface area contributed by atoms with Crippen molar-refractivity contribution in [2.45, 2.75) is 31.5 Å². The van der Waals surface area contributed by atoms with Gasteiger partial charge in [0, 0.05) is 31.5 Å². The summed E-state index contributed by atoms with van der Waals surface area (Å²) in [6.07, 6.45) is 5.19. The van der Waals surface area contributed by atoms with Crippen molar-refractivity contribution in [1.29, 1.82) is 0 Å². The van der Waals surface area contributed by atoms with E-state index in [4.69, 9.17) is 0 Å². The van der Waals surface area contributed by atoms with E-state index in [1.165, 1.54) is 11.1 Å². The smallest absolute Gasteiger partial charge is 0.0710 e. The van der Waals surface area contributed by atoms with E-state index in [9.17, 15) is 5.11 Å². The fraction of sp³-hybridized carbons (Fsp3) is 0.400. The summed E-state index contributed by atoms with van der Waals surface area (Å²) in [5.74, 6) is 0. The zero-order chi connectivity index (χ0) is 13.1. The standard InChI is InChI=1S/C15H18N2OS/c18-15-3-7-17(10-13-4-8-19-11-13)14(15)9-12-1-5-16-6-2-12/h1-2,4-6,8,11,14-15,18H,3,7,9-10H2/t14-,15-/m1/s1. The molecule has 0 amide bonds. The first-order chi connectivity index (χ1) is 9.33. The average Bonchev–Trinajstić information content (AvgIpc) is 3.05. The molecule has 1 aliphatic rings. The normalized spacial score (nSPS) is 23.8. The van der Waals surface area contributed by atoms with Crippen molar-refractivity contribution in [1.82, 2.24) is 9.88 Å². The van der Waals surface area contributed by atoms with Gasteiger partial charge < -0.3 is 5.11 Å². The Bertz CT molecular complexity index is 500. The molecule has 0 unspecified atom stereocenters. The molecule has 3 rings (SSSR count). The zero-order valence-electron chi connectivity index (χ0n) is 10.8. The molecule has 1 saturated heterocycles. The van der Waals surface area contributed by atoms with Gasteiger partial charge in [0.15, 0.2) is 0 Å². The van der Waals surface area contributed by atoms with Crippen molar-refractivity contribution in [2.75, 3.05) is 6.54 Å². The van der Waals surface area contributed by atoms with E-state index in [1.807, 2.05) is 24.5 Å². The molecule has 3 heterocycles. The minimum Gasteiger partial charge on any atom is -0.391 e. The third kappa shape index (κ3) is 3.03. The molecule has 100 valence electrons. The Morgan fingerprint density at radius 1 is 1.26 bits per heavy atom. The highest BCUT2D eigenvalue weighted by atomic mass is 32.1. The highest BCUT2D eigenvalue weighted by Crippen LogP contribution is 2.24. The van der Waals surface area contributed by atoms with E-state index in [-0.39, 0.29) is 12.1 Å². The third-order valence-electron chi connectivity index (χ3n) is 3.79. The van der Waals surface area contributed by atoms with Gasteiger partial charge in [0.25, 0.3) is 0 Å². The number of likely N-dealkylation sites (tertiary alicyclic amines) is 1. The summed E-state index contributed by atoms with van der Waals surface area (Å²) in [6, 6.07) is 6.46. The number of aliphatic hydroxyl groups is 1. The Hall–Kier alpha value is -1.23. The summed E-state index contributed by atoms with van der Waals surface area (Å²) in [7, 11) is 0. The van der Waals surface area contributed by atoms with E-state index >= 15 is 0 Å². The van der Waals surface area contributed by atoms with E-state index in [1.54, 1.807) is 11.3 Å². The van der Waals surface area contributed by atoms with Crippen LogP contribution in [0.15, 0.2) is 41.4 Å². The molecule has 2 atom stereocenters. The lowest BCUT2D eigenvalue weighted by Crippen LogP contribution is -2.36. The van der Waals surface area contributed by atoms with Gasteiger partial charge in [-0.3, -0.25) is 9.88 Å². The van der Waals surface area contributed by atoms with Crippen LogP contribution in [0.4, 0.5) is 0 Å². The molecule has 1 N–H and O–H groups in total. The number of hydrogen-bond donors (Lipinski definition) is 1. The summed E-state index contributed by atoms with van der Waals surface area (Å²) < 4.78 is 0. The van der Waals surface area contributed by atoms with E-state index < -0.39 is 0 Å². The first kappa shape index (κ1) is 12.8. The van der Waals surface area contributed by atoms with Crippen molar-refractivity contribution >= 4 is 11.3 Å². The van der Waals surface area contributed by atoms with E-state index in [0.717, 1.165) is 25.9 Å². The summed E-state index contributed by atoms with van der Waals surface area (Å²) in [5.41, 5.74) is 2.59. The van der Waals surface area contributed by atoms with Gasteiger partial charge in [-0.2, -0.15) is 11.3 Å². The highest BCUT2D eigenvalue weighted by Gasteiger charge is 2.32. The molecule has 1 aliphatic heterocycles. The monoisotopic (exact) mass is 274 g/mol. The molecule has 0 radical (unpaired) electrons. The van der Waals surface area contributed by atoms with Crippen molar-refractivity contribution in [2.24, 2.45) is 0 Å². The number of nitrogens with zero attached hydrogens (tertiary/aromatic N) is 2. The molecule has 0 spiro atoms. The van der Waals surface area contributed by atoms with Crippen LogP contribution in [0.1, 0.15) is 17.5 Å². The lowest BCUT2D eigenvalue weighted by Gasteiger charge is -2.26. The number of thiophene rings is 1. The second kappa shape index (κ2) is 5.82. The predicted octanol–water partition coefficient (Wildman–Crippen LogP) is 2.32. The second-order valence-corrected chi connectivity index (χ2v) is 5.87. The molecule has 0 bridgehead atoms. The van der Waals surface area contributed by atoms with Crippen LogP contribution < -0.4 is 0 Å². The Balaban J connectivity index is 1.70. The Kier molecular flexibility index (Phi) is 3.92. The summed E-state index contributed by atoms with van der Waals surface area (Å²) >= 11 is 1.73. The molecule has 0 aromatic carbocycles. The molecule has 2 aromatic heterocycles. The van der Waals surface area contributed by atoms with Crippen LogP contribution in [0.2, 0.25) is 0 Å². The van der Waals surface area contributed by atoms with Crippen molar-refractivity contribution < 1.29 is 5.11 Å². The molecular weight excluding hydrogens is 256 g/mol. The van der Waals surface area contributed by atoms with Crippen LogP contribution in [0, 0.1) is 0 Å². The Morgan fingerprint density at radius 2 is 2.11 bits per heavy atom. The maximum Gasteiger partial charge on any atom is 0.0710 e. The molecular formula is C15H18N2OS. The fourth-order valence-electron chi connectivity index (χ4n) is 2.74. The Labute approximate surface area is 117 Å². The minimum atomic E-state index is -0.216. The first-order valence-corrected chi connectivity index (χ1v) is 7.59. The SMILES string of the molecule is O[C@@H]1CCN(Cc2ccsc2)[C@@H]1Cc1ccncc1. The largest absolute Gasteiger partial charge is 0.391 e. The summed E-state index contributed by atoms with van der Waals surface area (Å²) in [5, 5.41) is 14.5. The second-order valence-electron chi connectivity index (χ2n) is 5.09. The molecule has 0 saturated carbocycles. The topological polar surface area (TPSA) is 36.4 Å². The van der Waals surface area contributed by atoms with Gasteiger partial charge >= 0.3 is 0 Å². The van der Waals surface area contributed by atoms with Gasteiger partial charge in [-0.15, -0.1) is 0 Å². The van der Waals surface area contributed by atoms with Gasteiger partial charge in [0.1, 0.15) is 0 Å². The lowest BCUT2D eigenvalue weighted by molar-refractivity contribution is 0.112. The number of rotatable bonds is 4. The number of pyridine rings is 1. The summed E-state index contributed by atoms with van der Waals surface area (Å²) in [4.78, 5) is 6.44.